The van der Waals surface area contributed by atoms with Crippen LogP contribution < -0.4 is 4.74 Å². The van der Waals surface area contributed by atoms with Crippen molar-refractivity contribution < 1.29 is 4.74 Å². The summed E-state index contributed by atoms with van der Waals surface area (Å²) in [5.41, 5.74) is 2.67. The third kappa shape index (κ3) is 3.34. The van der Waals surface area contributed by atoms with Crippen molar-refractivity contribution in [2.24, 2.45) is 0 Å². The minimum atomic E-state index is 0.209. The van der Waals surface area contributed by atoms with E-state index >= 15 is 0 Å². The molecular formula is C17H21NO. The van der Waals surface area contributed by atoms with Gasteiger partial charge in [0.25, 0.3) is 0 Å². The zero-order valence-electron chi connectivity index (χ0n) is 12.1. The lowest BCUT2D eigenvalue weighted by molar-refractivity contribution is 0.460. The number of aromatic nitrogens is 1. The van der Waals surface area contributed by atoms with Gasteiger partial charge in [-0.3, -0.25) is 0 Å². The summed E-state index contributed by atoms with van der Waals surface area (Å²) < 4.78 is 5.72. The van der Waals surface area contributed by atoms with Crippen LogP contribution in [0, 0.1) is 6.92 Å². The van der Waals surface area contributed by atoms with E-state index in [0.717, 1.165) is 17.7 Å². The molecule has 2 rings (SSSR count). The summed E-state index contributed by atoms with van der Waals surface area (Å²) in [6.45, 7) is 8.73. The van der Waals surface area contributed by atoms with E-state index in [9.17, 15) is 0 Å². The normalized spacial score (nSPS) is 11.4. The first-order chi connectivity index (χ1) is 9.01. The molecular weight excluding hydrogens is 234 g/mol. The van der Waals surface area contributed by atoms with E-state index in [1.165, 1.54) is 5.56 Å². The van der Waals surface area contributed by atoms with Crippen molar-refractivity contribution in [3.8, 4) is 11.6 Å². The second kappa shape index (κ2) is 5.43. The molecule has 0 atom stereocenters. The highest BCUT2D eigenvalue weighted by atomic mass is 16.5. The van der Waals surface area contributed by atoms with Crippen LogP contribution in [0.3, 0.4) is 0 Å². The third-order valence-corrected chi connectivity index (χ3v) is 3.63. The Hall–Kier alpha value is -1.83. The van der Waals surface area contributed by atoms with E-state index in [2.05, 4.69) is 37.9 Å². The van der Waals surface area contributed by atoms with Crippen molar-refractivity contribution in [2.45, 2.75) is 39.5 Å². The standard InChI is InChI=1S/C17H21NO/c1-5-17(3,4)14-7-9-15(10-8-14)19-16-11-6-13(2)12-18-16/h6-12H,5H2,1-4H3. The first-order valence-corrected chi connectivity index (χ1v) is 6.72. The lowest BCUT2D eigenvalue weighted by Gasteiger charge is -2.23. The zero-order valence-corrected chi connectivity index (χ0v) is 12.1. The Morgan fingerprint density at radius 1 is 1.05 bits per heavy atom. The molecule has 1 aromatic carbocycles. The van der Waals surface area contributed by atoms with Gasteiger partial charge in [0.15, 0.2) is 0 Å². The van der Waals surface area contributed by atoms with Crippen LogP contribution in [0.25, 0.3) is 0 Å². The lowest BCUT2D eigenvalue weighted by Crippen LogP contribution is -2.14. The fraction of sp³-hybridized carbons (Fsp3) is 0.353. The first kappa shape index (κ1) is 13.6. The molecule has 2 nitrogen and oxygen atoms in total. The molecule has 0 saturated carbocycles. The minimum Gasteiger partial charge on any atom is -0.439 e. The molecule has 1 heterocycles. The largest absolute Gasteiger partial charge is 0.439 e. The summed E-state index contributed by atoms with van der Waals surface area (Å²) in [5.74, 6) is 1.46. The highest BCUT2D eigenvalue weighted by Gasteiger charge is 2.17. The number of rotatable bonds is 4. The van der Waals surface area contributed by atoms with Crippen LogP contribution in [0.2, 0.25) is 0 Å². The highest BCUT2D eigenvalue weighted by Crippen LogP contribution is 2.29. The smallest absolute Gasteiger partial charge is 0.219 e. The van der Waals surface area contributed by atoms with Crippen LogP contribution in [0.15, 0.2) is 42.6 Å². The van der Waals surface area contributed by atoms with Gasteiger partial charge < -0.3 is 4.74 Å². The summed E-state index contributed by atoms with van der Waals surface area (Å²) in [5, 5.41) is 0. The van der Waals surface area contributed by atoms with Gasteiger partial charge in [0.2, 0.25) is 5.88 Å². The summed E-state index contributed by atoms with van der Waals surface area (Å²) in [7, 11) is 0. The fourth-order valence-electron chi connectivity index (χ4n) is 1.81. The predicted octanol–water partition coefficient (Wildman–Crippen LogP) is 4.87. The number of nitrogens with zero attached hydrogens (tertiary/aromatic N) is 1. The van der Waals surface area contributed by atoms with Gasteiger partial charge in [0, 0.05) is 12.3 Å². The maximum Gasteiger partial charge on any atom is 0.219 e. The Morgan fingerprint density at radius 2 is 1.74 bits per heavy atom. The Bertz CT molecular complexity index is 526. The molecule has 0 aliphatic heterocycles. The molecule has 0 spiro atoms. The maximum absolute atomic E-state index is 5.72. The summed E-state index contributed by atoms with van der Waals surface area (Å²) in [4.78, 5) is 4.24. The molecule has 0 fully saturated rings. The van der Waals surface area contributed by atoms with Gasteiger partial charge in [-0.05, 0) is 42.0 Å². The Balaban J connectivity index is 2.13. The predicted molar refractivity (Wildman–Crippen MR) is 78.8 cm³/mol. The van der Waals surface area contributed by atoms with Gasteiger partial charge in [-0.2, -0.15) is 0 Å². The van der Waals surface area contributed by atoms with Crippen molar-refractivity contribution in [1.29, 1.82) is 0 Å². The van der Waals surface area contributed by atoms with E-state index in [1.807, 2.05) is 37.4 Å². The van der Waals surface area contributed by atoms with Crippen molar-refractivity contribution >= 4 is 0 Å². The SMILES string of the molecule is CCC(C)(C)c1ccc(Oc2ccc(C)cn2)cc1. The van der Waals surface area contributed by atoms with Gasteiger partial charge in [0.1, 0.15) is 5.75 Å². The van der Waals surface area contributed by atoms with Gasteiger partial charge in [-0.15, -0.1) is 0 Å². The van der Waals surface area contributed by atoms with Crippen molar-refractivity contribution in [3.63, 3.8) is 0 Å². The summed E-state index contributed by atoms with van der Waals surface area (Å²) in [6.07, 6.45) is 2.93. The molecule has 0 radical (unpaired) electrons. The summed E-state index contributed by atoms with van der Waals surface area (Å²) in [6, 6.07) is 12.2. The maximum atomic E-state index is 5.72. The van der Waals surface area contributed by atoms with Gasteiger partial charge in [0.05, 0.1) is 0 Å². The van der Waals surface area contributed by atoms with Crippen LogP contribution in [-0.4, -0.2) is 4.98 Å². The average Bonchev–Trinajstić information content (AvgIpc) is 2.42. The number of hydrogen-bond acceptors (Lipinski definition) is 2. The Morgan fingerprint density at radius 3 is 2.26 bits per heavy atom. The van der Waals surface area contributed by atoms with Crippen LogP contribution in [0.4, 0.5) is 0 Å². The first-order valence-electron chi connectivity index (χ1n) is 6.72. The zero-order chi connectivity index (χ0) is 13.9. The number of aryl methyl sites for hydroxylation is 1. The molecule has 100 valence electrons. The molecule has 1 aromatic heterocycles. The second-order valence-electron chi connectivity index (χ2n) is 5.54. The fourth-order valence-corrected chi connectivity index (χ4v) is 1.81. The van der Waals surface area contributed by atoms with Crippen molar-refractivity contribution in [3.05, 3.63) is 53.7 Å². The average molecular weight is 255 g/mol. The topological polar surface area (TPSA) is 22.1 Å². The van der Waals surface area contributed by atoms with E-state index < -0.39 is 0 Å². The van der Waals surface area contributed by atoms with Gasteiger partial charge in [-0.1, -0.05) is 39.0 Å². The van der Waals surface area contributed by atoms with E-state index in [-0.39, 0.29) is 5.41 Å². The third-order valence-electron chi connectivity index (χ3n) is 3.63. The minimum absolute atomic E-state index is 0.209. The molecule has 0 unspecified atom stereocenters. The van der Waals surface area contributed by atoms with Crippen LogP contribution in [-0.2, 0) is 5.41 Å². The molecule has 0 saturated heterocycles. The van der Waals surface area contributed by atoms with E-state index in [4.69, 9.17) is 4.74 Å². The molecule has 0 aliphatic rings. The number of ether oxygens (including phenoxy) is 1. The Labute approximate surface area is 115 Å². The number of benzene rings is 1. The lowest BCUT2D eigenvalue weighted by atomic mass is 9.82. The number of pyridine rings is 1. The molecule has 0 bridgehead atoms. The van der Waals surface area contributed by atoms with Crippen LogP contribution in [0.1, 0.15) is 38.3 Å². The van der Waals surface area contributed by atoms with Gasteiger partial charge >= 0.3 is 0 Å². The van der Waals surface area contributed by atoms with E-state index in [1.54, 1.807) is 0 Å². The monoisotopic (exact) mass is 255 g/mol. The summed E-state index contributed by atoms with van der Waals surface area (Å²) >= 11 is 0. The molecule has 19 heavy (non-hydrogen) atoms. The van der Waals surface area contributed by atoms with E-state index in [0.29, 0.717) is 5.88 Å². The van der Waals surface area contributed by atoms with Crippen molar-refractivity contribution in [1.82, 2.24) is 4.98 Å². The highest BCUT2D eigenvalue weighted by molar-refractivity contribution is 5.33. The molecule has 0 N–H and O–H groups in total. The Kier molecular flexibility index (Phi) is 3.89. The molecule has 0 amide bonds. The second-order valence-corrected chi connectivity index (χ2v) is 5.54. The van der Waals surface area contributed by atoms with Gasteiger partial charge in [-0.25, -0.2) is 4.98 Å². The molecule has 2 heteroatoms. The molecule has 2 aromatic rings. The number of hydrogen-bond donors (Lipinski definition) is 0. The quantitative estimate of drug-likeness (QED) is 0.777. The van der Waals surface area contributed by atoms with Crippen LogP contribution in [0.5, 0.6) is 11.6 Å². The van der Waals surface area contributed by atoms with Crippen molar-refractivity contribution in [2.75, 3.05) is 0 Å². The van der Waals surface area contributed by atoms with Crippen LogP contribution >= 0.6 is 0 Å². The molecule has 0 aliphatic carbocycles.